The van der Waals surface area contributed by atoms with Crippen LogP contribution in [0.3, 0.4) is 0 Å². The van der Waals surface area contributed by atoms with Gasteiger partial charge in [0.15, 0.2) is 0 Å². The topological polar surface area (TPSA) is 89.1 Å². The molecule has 0 radical (unpaired) electrons. The van der Waals surface area contributed by atoms with Crippen LogP contribution in [-0.4, -0.2) is 45.7 Å². The van der Waals surface area contributed by atoms with Crippen LogP contribution < -0.4 is 11.1 Å². The lowest BCUT2D eigenvalue weighted by Crippen LogP contribution is -2.31. The van der Waals surface area contributed by atoms with Crippen molar-refractivity contribution in [1.82, 2.24) is 25.0 Å². The Morgan fingerprint density at radius 1 is 1.20 bits per heavy atom. The van der Waals surface area contributed by atoms with E-state index in [9.17, 15) is 4.79 Å². The van der Waals surface area contributed by atoms with E-state index in [1.807, 2.05) is 28.9 Å². The first kappa shape index (κ1) is 21.8. The highest BCUT2D eigenvalue weighted by molar-refractivity contribution is 5.93. The summed E-state index contributed by atoms with van der Waals surface area (Å²) >= 11 is 0. The van der Waals surface area contributed by atoms with Crippen molar-refractivity contribution in [1.29, 1.82) is 0 Å². The molecule has 0 bridgehead atoms. The lowest BCUT2D eigenvalue weighted by atomic mass is 9.94. The summed E-state index contributed by atoms with van der Waals surface area (Å²) in [6, 6.07) is 9.67. The minimum atomic E-state index is -0.0970. The number of nitrogens with zero attached hydrogens (tertiary/aromatic N) is 4. The summed E-state index contributed by atoms with van der Waals surface area (Å²) in [4.78, 5) is 19.2. The molecule has 160 valence electrons. The first-order valence-electron chi connectivity index (χ1n) is 10.2. The predicted molar refractivity (Wildman–Crippen MR) is 121 cm³/mol. The summed E-state index contributed by atoms with van der Waals surface area (Å²) in [6.45, 7) is 3.55. The summed E-state index contributed by atoms with van der Waals surface area (Å²) in [6.07, 6.45) is 6.91. The van der Waals surface area contributed by atoms with Crippen molar-refractivity contribution in [2.75, 3.05) is 25.9 Å². The lowest BCUT2D eigenvalue weighted by Gasteiger charge is -2.28. The van der Waals surface area contributed by atoms with E-state index in [1.165, 1.54) is 12.8 Å². The van der Waals surface area contributed by atoms with Crippen LogP contribution in [0.1, 0.15) is 42.7 Å². The van der Waals surface area contributed by atoms with Gasteiger partial charge in [0.1, 0.15) is 11.5 Å². The Kier molecular flexibility index (Phi) is 7.05. The summed E-state index contributed by atoms with van der Waals surface area (Å²) in [5, 5.41) is 9.32. The van der Waals surface area contributed by atoms with E-state index in [4.69, 9.17) is 5.73 Å². The first-order chi connectivity index (χ1) is 14.1. The van der Waals surface area contributed by atoms with Gasteiger partial charge in [0, 0.05) is 30.9 Å². The van der Waals surface area contributed by atoms with Crippen LogP contribution in [0.5, 0.6) is 0 Å². The standard InChI is InChI=1S/C22H28N6O.CH4/c1-27-11-6-16(7-12-27)8-13-28-20(5-10-26-28)22(29)25-15-17-2-3-19-18(14-17)4-9-24-21(19)23;/h2-5,9-10,14,16H,6-8,11-13,15H2,1H3,(H2,23,24)(H,25,29);1H4. The van der Waals surface area contributed by atoms with Gasteiger partial charge in [-0.3, -0.25) is 9.48 Å². The Hall–Kier alpha value is -2.93. The average molecular weight is 409 g/mol. The Morgan fingerprint density at radius 2 is 2.00 bits per heavy atom. The molecular formula is C23H32N6O. The third-order valence-corrected chi connectivity index (χ3v) is 5.85. The minimum Gasteiger partial charge on any atom is -0.383 e. The number of carbonyl (C=O) groups excluding carboxylic acids is 1. The number of rotatable bonds is 6. The maximum absolute atomic E-state index is 12.7. The first-order valence-corrected chi connectivity index (χ1v) is 10.2. The number of aromatic nitrogens is 3. The predicted octanol–water partition coefficient (Wildman–Crippen LogP) is 3.31. The molecule has 3 N–H and O–H groups in total. The summed E-state index contributed by atoms with van der Waals surface area (Å²) in [5.41, 5.74) is 7.55. The van der Waals surface area contributed by atoms with Crippen molar-refractivity contribution in [3.05, 3.63) is 54.0 Å². The Balaban J connectivity index is 0.00000256. The van der Waals surface area contributed by atoms with Gasteiger partial charge in [-0.05, 0) is 74.5 Å². The molecule has 1 fully saturated rings. The molecule has 2 aromatic heterocycles. The fraction of sp³-hybridized carbons (Fsp3) is 0.435. The molecule has 0 unspecified atom stereocenters. The fourth-order valence-corrected chi connectivity index (χ4v) is 3.99. The van der Waals surface area contributed by atoms with Crippen LogP contribution in [0.4, 0.5) is 5.82 Å². The Morgan fingerprint density at radius 3 is 2.80 bits per heavy atom. The van der Waals surface area contributed by atoms with Gasteiger partial charge in [0.05, 0.1) is 0 Å². The molecule has 4 rings (SSSR count). The van der Waals surface area contributed by atoms with Gasteiger partial charge in [-0.25, -0.2) is 4.98 Å². The van der Waals surface area contributed by atoms with E-state index >= 15 is 0 Å². The van der Waals surface area contributed by atoms with Gasteiger partial charge in [-0.2, -0.15) is 5.10 Å². The number of nitrogens with two attached hydrogens (primary N) is 1. The van der Waals surface area contributed by atoms with Crippen molar-refractivity contribution in [2.24, 2.45) is 5.92 Å². The van der Waals surface area contributed by atoms with Crippen molar-refractivity contribution in [3.8, 4) is 0 Å². The minimum absolute atomic E-state index is 0. The van der Waals surface area contributed by atoms with Crippen LogP contribution in [0.15, 0.2) is 42.7 Å². The molecule has 30 heavy (non-hydrogen) atoms. The molecule has 0 saturated carbocycles. The monoisotopic (exact) mass is 408 g/mol. The highest BCUT2D eigenvalue weighted by atomic mass is 16.2. The molecule has 0 aliphatic carbocycles. The number of fused-ring (bicyclic) bond motifs is 1. The maximum atomic E-state index is 12.7. The van der Waals surface area contributed by atoms with E-state index in [2.05, 4.69) is 27.3 Å². The molecule has 1 aliphatic heterocycles. The summed E-state index contributed by atoms with van der Waals surface area (Å²) < 4.78 is 1.83. The Labute approximate surface area is 178 Å². The van der Waals surface area contributed by atoms with Crippen molar-refractivity contribution >= 4 is 22.5 Å². The molecule has 0 spiro atoms. The van der Waals surface area contributed by atoms with Gasteiger partial charge >= 0.3 is 0 Å². The van der Waals surface area contributed by atoms with Gasteiger partial charge in [0.25, 0.3) is 5.91 Å². The second kappa shape index (κ2) is 9.71. The van der Waals surface area contributed by atoms with Crippen molar-refractivity contribution < 1.29 is 4.79 Å². The number of carbonyl (C=O) groups is 1. The summed E-state index contributed by atoms with van der Waals surface area (Å²) in [5.74, 6) is 1.14. The maximum Gasteiger partial charge on any atom is 0.269 e. The normalized spacial score (nSPS) is 15.1. The number of aryl methyl sites for hydroxylation is 1. The number of nitrogens with one attached hydrogen (secondary N) is 1. The van der Waals surface area contributed by atoms with Gasteiger partial charge in [-0.1, -0.05) is 19.6 Å². The highest BCUT2D eigenvalue weighted by Gasteiger charge is 2.18. The molecule has 1 saturated heterocycles. The molecule has 1 aromatic carbocycles. The van der Waals surface area contributed by atoms with Crippen molar-refractivity contribution in [3.63, 3.8) is 0 Å². The van der Waals surface area contributed by atoms with Gasteiger partial charge < -0.3 is 16.0 Å². The number of hydrogen-bond acceptors (Lipinski definition) is 5. The van der Waals surface area contributed by atoms with Crippen LogP contribution in [0.2, 0.25) is 0 Å². The quantitative estimate of drug-likeness (QED) is 0.653. The number of anilines is 1. The third-order valence-electron chi connectivity index (χ3n) is 5.85. The SMILES string of the molecule is C.CN1CCC(CCn2nccc2C(=O)NCc2ccc3c(N)nccc3c2)CC1. The smallest absolute Gasteiger partial charge is 0.269 e. The number of pyridine rings is 1. The summed E-state index contributed by atoms with van der Waals surface area (Å²) in [7, 11) is 2.17. The molecule has 1 aliphatic rings. The fourth-order valence-electron chi connectivity index (χ4n) is 3.99. The molecule has 7 nitrogen and oxygen atoms in total. The zero-order chi connectivity index (χ0) is 20.2. The number of benzene rings is 1. The Bertz CT molecular complexity index is 990. The molecular weight excluding hydrogens is 376 g/mol. The zero-order valence-electron chi connectivity index (χ0n) is 16.8. The van der Waals surface area contributed by atoms with Crippen LogP contribution >= 0.6 is 0 Å². The van der Waals surface area contributed by atoms with Crippen molar-refractivity contribution in [2.45, 2.75) is 39.8 Å². The number of likely N-dealkylation sites (tertiary alicyclic amines) is 1. The van der Waals surface area contributed by atoms with Crippen LogP contribution in [-0.2, 0) is 13.1 Å². The van der Waals surface area contributed by atoms with E-state index in [1.54, 1.807) is 18.5 Å². The number of piperidine rings is 1. The van der Waals surface area contributed by atoms with E-state index in [0.717, 1.165) is 42.4 Å². The van der Waals surface area contributed by atoms with Crippen LogP contribution in [0, 0.1) is 5.92 Å². The van der Waals surface area contributed by atoms with Gasteiger partial charge in [-0.15, -0.1) is 0 Å². The number of amides is 1. The molecule has 3 heterocycles. The van der Waals surface area contributed by atoms with E-state index < -0.39 is 0 Å². The molecule has 1 amide bonds. The number of nitrogen functional groups attached to an aromatic ring is 1. The van der Waals surface area contributed by atoms with E-state index in [0.29, 0.717) is 24.0 Å². The largest absolute Gasteiger partial charge is 0.383 e. The highest BCUT2D eigenvalue weighted by Crippen LogP contribution is 2.21. The molecule has 0 atom stereocenters. The molecule has 3 aromatic rings. The van der Waals surface area contributed by atoms with E-state index in [-0.39, 0.29) is 13.3 Å². The third kappa shape index (κ3) is 4.97. The van der Waals surface area contributed by atoms with Gasteiger partial charge in [0.2, 0.25) is 0 Å². The zero-order valence-corrected chi connectivity index (χ0v) is 16.8. The van der Waals surface area contributed by atoms with Crippen LogP contribution in [0.25, 0.3) is 10.8 Å². The lowest BCUT2D eigenvalue weighted by molar-refractivity contribution is 0.0939. The number of hydrogen-bond donors (Lipinski definition) is 2. The second-order valence-corrected chi connectivity index (χ2v) is 7.91. The average Bonchev–Trinajstić information content (AvgIpc) is 3.20. The second-order valence-electron chi connectivity index (χ2n) is 7.91. The molecule has 7 heteroatoms.